The first-order chi connectivity index (χ1) is 13.9. The summed E-state index contributed by atoms with van der Waals surface area (Å²) in [6.45, 7) is 5.30. The fourth-order valence-electron chi connectivity index (χ4n) is 3.41. The molecule has 1 fully saturated rings. The normalized spacial score (nSPS) is 16.4. The molecule has 0 unspecified atom stereocenters. The van der Waals surface area contributed by atoms with Crippen LogP contribution in [0.2, 0.25) is 5.02 Å². The summed E-state index contributed by atoms with van der Waals surface area (Å²) >= 11 is 5.98. The van der Waals surface area contributed by atoms with Crippen molar-refractivity contribution in [2.75, 3.05) is 38.6 Å². The van der Waals surface area contributed by atoms with Crippen LogP contribution in [0.3, 0.4) is 0 Å². The third-order valence-electron chi connectivity index (χ3n) is 5.16. The lowest BCUT2D eigenvalue weighted by atomic mass is 10.1. The fourth-order valence-corrected chi connectivity index (χ4v) is 3.63. The molecular weight excluding hydrogens is 400 g/mol. The topological polar surface area (TPSA) is 44.8 Å². The minimum absolute atomic E-state index is 0.166. The zero-order chi connectivity index (χ0) is 21.0. The van der Waals surface area contributed by atoms with Crippen molar-refractivity contribution in [3.8, 4) is 5.75 Å². The van der Waals surface area contributed by atoms with Crippen molar-refractivity contribution in [2.24, 2.45) is 0 Å². The number of piperazine rings is 1. The number of rotatable bonds is 6. The Hall–Kier alpha value is -2.22. The highest BCUT2D eigenvalue weighted by molar-refractivity contribution is 6.33. The number of methoxy groups -OCH3 is 1. The van der Waals surface area contributed by atoms with Crippen molar-refractivity contribution in [1.29, 1.82) is 0 Å². The molecule has 8 heteroatoms. The number of carbonyl (C=O) groups is 1. The third kappa shape index (κ3) is 5.44. The van der Waals surface area contributed by atoms with Crippen LogP contribution in [0.25, 0.3) is 0 Å². The van der Waals surface area contributed by atoms with Gasteiger partial charge in [0, 0.05) is 38.3 Å². The second-order valence-electron chi connectivity index (χ2n) is 7.06. The summed E-state index contributed by atoms with van der Waals surface area (Å²) in [5.74, 6) is -0.271. The highest BCUT2D eigenvalue weighted by atomic mass is 35.5. The van der Waals surface area contributed by atoms with Gasteiger partial charge in [0.2, 0.25) is 5.91 Å². The van der Waals surface area contributed by atoms with Gasteiger partial charge >= 0.3 is 0 Å². The zero-order valence-electron chi connectivity index (χ0n) is 16.4. The smallest absolute Gasteiger partial charge is 0.241 e. The molecule has 1 saturated heterocycles. The van der Waals surface area contributed by atoms with E-state index < -0.39 is 5.82 Å². The summed E-state index contributed by atoms with van der Waals surface area (Å²) in [6, 6.07) is 8.02. The standard InChI is InChI=1S/C21H24ClF2N3O2/c1-14(21(28)25-19-5-3-17(24)12-18(19)22)27-9-7-26(8-10-27)13-15-11-16(23)4-6-20(15)29-2/h3-6,11-12,14H,7-10,13H2,1-2H3,(H,25,28)/t14-/m0/s1. The maximum absolute atomic E-state index is 13.6. The van der Waals surface area contributed by atoms with E-state index in [1.165, 1.54) is 30.3 Å². The molecule has 0 saturated carbocycles. The van der Waals surface area contributed by atoms with Gasteiger partial charge in [-0.05, 0) is 43.3 Å². The first kappa shape index (κ1) is 21.5. The van der Waals surface area contributed by atoms with Gasteiger partial charge in [0.05, 0.1) is 23.9 Å². The number of nitrogens with zero attached hydrogens (tertiary/aromatic N) is 2. The summed E-state index contributed by atoms with van der Waals surface area (Å²) in [4.78, 5) is 16.8. The van der Waals surface area contributed by atoms with Gasteiger partial charge in [0.1, 0.15) is 17.4 Å². The Morgan fingerprint density at radius 1 is 1.14 bits per heavy atom. The van der Waals surface area contributed by atoms with Gasteiger partial charge in [-0.15, -0.1) is 0 Å². The summed E-state index contributed by atoms with van der Waals surface area (Å²) in [5, 5.41) is 2.92. The Morgan fingerprint density at radius 2 is 1.79 bits per heavy atom. The molecule has 5 nitrogen and oxygen atoms in total. The number of anilines is 1. The number of hydrogen-bond acceptors (Lipinski definition) is 4. The van der Waals surface area contributed by atoms with Crippen LogP contribution in [0.4, 0.5) is 14.5 Å². The Morgan fingerprint density at radius 3 is 2.45 bits per heavy atom. The van der Waals surface area contributed by atoms with Gasteiger partial charge in [0.15, 0.2) is 0 Å². The number of carbonyl (C=O) groups excluding carboxylic acids is 1. The van der Waals surface area contributed by atoms with Crippen LogP contribution in [0, 0.1) is 11.6 Å². The van der Waals surface area contributed by atoms with Crippen molar-refractivity contribution in [1.82, 2.24) is 9.80 Å². The number of nitrogens with one attached hydrogen (secondary N) is 1. The van der Waals surface area contributed by atoms with Crippen LogP contribution in [-0.4, -0.2) is 55.0 Å². The number of hydrogen-bond donors (Lipinski definition) is 1. The van der Waals surface area contributed by atoms with E-state index in [9.17, 15) is 13.6 Å². The summed E-state index contributed by atoms with van der Waals surface area (Å²) in [5.41, 5.74) is 1.19. The van der Waals surface area contributed by atoms with Crippen LogP contribution >= 0.6 is 11.6 Å². The van der Waals surface area contributed by atoms with Crippen molar-refractivity contribution in [2.45, 2.75) is 19.5 Å². The third-order valence-corrected chi connectivity index (χ3v) is 5.47. The molecule has 2 aromatic carbocycles. The molecule has 29 heavy (non-hydrogen) atoms. The molecule has 2 aromatic rings. The largest absolute Gasteiger partial charge is 0.496 e. The molecule has 0 radical (unpaired) electrons. The molecule has 1 atom stereocenters. The molecular formula is C21H24ClF2N3O2. The highest BCUT2D eigenvalue weighted by Gasteiger charge is 2.26. The molecule has 0 aliphatic carbocycles. The first-order valence-corrected chi connectivity index (χ1v) is 9.80. The van der Waals surface area contributed by atoms with E-state index in [1.807, 2.05) is 6.92 Å². The molecule has 156 valence electrons. The lowest BCUT2D eigenvalue weighted by Gasteiger charge is -2.37. The summed E-state index contributed by atoms with van der Waals surface area (Å²) < 4.78 is 32.0. The second-order valence-corrected chi connectivity index (χ2v) is 7.46. The lowest BCUT2D eigenvalue weighted by Crippen LogP contribution is -2.52. The number of benzene rings is 2. The Labute approximate surface area is 174 Å². The van der Waals surface area contributed by atoms with Gasteiger partial charge in [-0.3, -0.25) is 14.6 Å². The van der Waals surface area contributed by atoms with Crippen molar-refractivity contribution >= 4 is 23.2 Å². The molecule has 1 heterocycles. The van der Waals surface area contributed by atoms with Gasteiger partial charge in [-0.2, -0.15) is 0 Å². The van der Waals surface area contributed by atoms with Gasteiger partial charge in [0.25, 0.3) is 0 Å². The minimum atomic E-state index is -0.452. The molecule has 1 aliphatic heterocycles. The highest BCUT2D eigenvalue weighted by Crippen LogP contribution is 2.24. The van der Waals surface area contributed by atoms with Crippen LogP contribution < -0.4 is 10.1 Å². The lowest BCUT2D eigenvalue weighted by molar-refractivity contribution is -0.121. The Balaban J connectivity index is 1.54. The molecule has 0 spiro atoms. The minimum Gasteiger partial charge on any atom is -0.496 e. The summed E-state index contributed by atoms with van der Waals surface area (Å²) in [6.07, 6.45) is 0. The van der Waals surface area contributed by atoms with E-state index in [2.05, 4.69) is 15.1 Å². The number of halogens is 3. The molecule has 0 aromatic heterocycles. The predicted molar refractivity (Wildman–Crippen MR) is 109 cm³/mol. The second kappa shape index (κ2) is 9.52. The Bertz CT molecular complexity index is 873. The SMILES string of the molecule is COc1ccc(F)cc1CN1CCN([C@@H](C)C(=O)Nc2ccc(F)cc2Cl)CC1. The van der Waals surface area contributed by atoms with Gasteiger partial charge in [-0.1, -0.05) is 11.6 Å². The molecule has 0 bridgehead atoms. The monoisotopic (exact) mass is 423 g/mol. The van der Waals surface area contributed by atoms with Crippen molar-refractivity contribution < 1.29 is 18.3 Å². The van der Waals surface area contributed by atoms with Gasteiger partial charge < -0.3 is 10.1 Å². The van der Waals surface area contributed by atoms with Crippen LogP contribution in [0.1, 0.15) is 12.5 Å². The van der Waals surface area contributed by atoms with Crippen LogP contribution in [0.15, 0.2) is 36.4 Å². The number of amides is 1. The first-order valence-electron chi connectivity index (χ1n) is 9.42. The quantitative estimate of drug-likeness (QED) is 0.768. The maximum atomic E-state index is 13.6. The van der Waals surface area contributed by atoms with E-state index in [1.54, 1.807) is 13.2 Å². The number of ether oxygens (including phenoxy) is 1. The Kier molecular flexibility index (Phi) is 7.05. The van der Waals surface area contributed by atoms with Crippen LogP contribution in [-0.2, 0) is 11.3 Å². The van der Waals surface area contributed by atoms with Crippen LogP contribution in [0.5, 0.6) is 5.75 Å². The predicted octanol–water partition coefficient (Wildman–Crippen LogP) is 3.77. The molecule has 1 aliphatic rings. The average Bonchev–Trinajstić information content (AvgIpc) is 2.70. The zero-order valence-corrected chi connectivity index (χ0v) is 17.2. The van der Waals surface area contributed by atoms with E-state index in [0.717, 1.165) is 18.7 Å². The maximum Gasteiger partial charge on any atom is 0.241 e. The molecule has 1 N–H and O–H groups in total. The van der Waals surface area contributed by atoms with E-state index >= 15 is 0 Å². The van der Waals surface area contributed by atoms with Crippen molar-refractivity contribution in [3.63, 3.8) is 0 Å². The van der Waals surface area contributed by atoms with E-state index in [-0.39, 0.29) is 22.8 Å². The summed E-state index contributed by atoms with van der Waals surface area (Å²) in [7, 11) is 1.57. The average molecular weight is 424 g/mol. The fraction of sp³-hybridized carbons (Fsp3) is 0.381. The molecule has 1 amide bonds. The van der Waals surface area contributed by atoms with Crippen molar-refractivity contribution in [3.05, 3.63) is 58.6 Å². The van der Waals surface area contributed by atoms with E-state index in [0.29, 0.717) is 31.1 Å². The van der Waals surface area contributed by atoms with E-state index in [4.69, 9.17) is 16.3 Å². The van der Waals surface area contributed by atoms with Gasteiger partial charge in [-0.25, -0.2) is 8.78 Å². The molecule has 3 rings (SSSR count).